The third-order valence-electron chi connectivity index (χ3n) is 2.83. The highest BCUT2D eigenvalue weighted by molar-refractivity contribution is 5.87. The second-order valence-corrected chi connectivity index (χ2v) is 4.13. The van der Waals surface area contributed by atoms with Gasteiger partial charge in [-0.1, -0.05) is 0 Å². The Kier molecular flexibility index (Phi) is 4.46. The minimum Gasteiger partial charge on any atom is -0.464 e. The number of rotatable bonds is 5. The zero-order chi connectivity index (χ0) is 12.8. The standard InChI is InChI=1S/C12H17N3O3/c1-17-12(16)10-7-13-8-11(15-10)14-5-4-9-3-2-6-18-9/h7-9H,2-6H2,1H3,(H,14,15). The molecular weight excluding hydrogens is 234 g/mol. The molecule has 0 aliphatic carbocycles. The zero-order valence-corrected chi connectivity index (χ0v) is 10.4. The number of methoxy groups -OCH3 is 1. The van der Waals surface area contributed by atoms with Crippen LogP contribution in [0.25, 0.3) is 0 Å². The second kappa shape index (κ2) is 6.30. The number of hydrogen-bond acceptors (Lipinski definition) is 6. The molecule has 0 bridgehead atoms. The van der Waals surface area contributed by atoms with Crippen molar-refractivity contribution in [1.82, 2.24) is 9.97 Å². The lowest BCUT2D eigenvalue weighted by atomic mass is 10.2. The van der Waals surface area contributed by atoms with E-state index in [4.69, 9.17) is 4.74 Å². The maximum Gasteiger partial charge on any atom is 0.358 e. The van der Waals surface area contributed by atoms with Crippen molar-refractivity contribution in [1.29, 1.82) is 0 Å². The first-order valence-electron chi connectivity index (χ1n) is 6.05. The van der Waals surface area contributed by atoms with E-state index in [-0.39, 0.29) is 5.69 Å². The number of ether oxygens (including phenoxy) is 2. The maximum atomic E-state index is 11.3. The molecular formula is C12H17N3O3. The van der Waals surface area contributed by atoms with Gasteiger partial charge in [-0.25, -0.2) is 9.78 Å². The van der Waals surface area contributed by atoms with Crippen molar-refractivity contribution in [2.75, 3.05) is 25.6 Å². The molecule has 1 aromatic rings. The molecule has 1 unspecified atom stereocenters. The Morgan fingerprint density at radius 3 is 3.22 bits per heavy atom. The number of carbonyl (C=O) groups excluding carboxylic acids is 1. The van der Waals surface area contributed by atoms with Crippen LogP contribution in [0, 0.1) is 0 Å². The second-order valence-electron chi connectivity index (χ2n) is 4.13. The normalized spacial score (nSPS) is 18.6. The zero-order valence-electron chi connectivity index (χ0n) is 10.4. The summed E-state index contributed by atoms with van der Waals surface area (Å²) < 4.78 is 10.1. The molecule has 0 aromatic carbocycles. The summed E-state index contributed by atoms with van der Waals surface area (Å²) in [6.07, 6.45) is 6.51. The molecule has 1 aliphatic heterocycles. The van der Waals surface area contributed by atoms with E-state index in [0.717, 1.165) is 32.4 Å². The van der Waals surface area contributed by atoms with E-state index < -0.39 is 5.97 Å². The van der Waals surface area contributed by atoms with Gasteiger partial charge >= 0.3 is 5.97 Å². The molecule has 0 saturated carbocycles. The Labute approximate surface area is 106 Å². The SMILES string of the molecule is COC(=O)c1cncc(NCCC2CCCO2)n1. The van der Waals surface area contributed by atoms with Crippen LogP contribution in [-0.2, 0) is 9.47 Å². The Balaban J connectivity index is 1.83. The lowest BCUT2D eigenvalue weighted by Crippen LogP contribution is -2.14. The number of nitrogens with zero attached hydrogens (tertiary/aromatic N) is 2. The summed E-state index contributed by atoms with van der Waals surface area (Å²) in [5.74, 6) is 0.0983. The summed E-state index contributed by atoms with van der Waals surface area (Å²) in [7, 11) is 1.32. The van der Waals surface area contributed by atoms with E-state index in [1.54, 1.807) is 6.20 Å². The fraction of sp³-hybridized carbons (Fsp3) is 0.583. The molecule has 0 amide bonds. The third-order valence-corrected chi connectivity index (χ3v) is 2.83. The summed E-state index contributed by atoms with van der Waals surface area (Å²) in [5, 5.41) is 3.13. The first-order chi connectivity index (χ1) is 8.79. The van der Waals surface area contributed by atoms with Gasteiger partial charge in [0.15, 0.2) is 5.69 Å². The van der Waals surface area contributed by atoms with Crippen LogP contribution < -0.4 is 5.32 Å². The average molecular weight is 251 g/mol. The Bertz CT molecular complexity index is 405. The molecule has 1 aliphatic rings. The summed E-state index contributed by atoms with van der Waals surface area (Å²) >= 11 is 0. The molecule has 6 nitrogen and oxygen atoms in total. The van der Waals surface area contributed by atoms with E-state index in [1.807, 2.05) is 0 Å². The predicted molar refractivity (Wildman–Crippen MR) is 65.5 cm³/mol. The highest BCUT2D eigenvalue weighted by atomic mass is 16.5. The topological polar surface area (TPSA) is 73.3 Å². The molecule has 1 aromatic heterocycles. The van der Waals surface area contributed by atoms with Crippen LogP contribution in [0.5, 0.6) is 0 Å². The van der Waals surface area contributed by atoms with Crippen molar-refractivity contribution in [3.05, 3.63) is 18.1 Å². The number of aromatic nitrogens is 2. The van der Waals surface area contributed by atoms with Gasteiger partial charge in [0.05, 0.1) is 25.6 Å². The number of nitrogens with one attached hydrogen (secondary N) is 1. The van der Waals surface area contributed by atoms with Crippen LogP contribution in [0.15, 0.2) is 12.4 Å². The molecule has 0 radical (unpaired) electrons. The van der Waals surface area contributed by atoms with Gasteiger partial charge in [0.2, 0.25) is 0 Å². The summed E-state index contributed by atoms with van der Waals surface area (Å²) in [6.45, 7) is 1.62. The smallest absolute Gasteiger partial charge is 0.358 e. The van der Waals surface area contributed by atoms with Gasteiger partial charge in [-0.15, -0.1) is 0 Å². The molecule has 2 heterocycles. The summed E-state index contributed by atoms with van der Waals surface area (Å²) in [4.78, 5) is 19.3. The summed E-state index contributed by atoms with van der Waals surface area (Å²) in [5.41, 5.74) is 0.208. The fourth-order valence-corrected chi connectivity index (χ4v) is 1.89. The van der Waals surface area contributed by atoms with Crippen molar-refractivity contribution in [3.63, 3.8) is 0 Å². The lowest BCUT2D eigenvalue weighted by Gasteiger charge is -2.10. The van der Waals surface area contributed by atoms with Gasteiger partial charge in [-0.05, 0) is 19.3 Å². The largest absolute Gasteiger partial charge is 0.464 e. The molecule has 1 fully saturated rings. The third kappa shape index (κ3) is 3.40. The van der Waals surface area contributed by atoms with Gasteiger partial charge in [0, 0.05) is 13.2 Å². The minimum atomic E-state index is -0.481. The Morgan fingerprint density at radius 2 is 2.50 bits per heavy atom. The van der Waals surface area contributed by atoms with E-state index in [1.165, 1.54) is 13.3 Å². The first kappa shape index (κ1) is 12.8. The lowest BCUT2D eigenvalue weighted by molar-refractivity contribution is 0.0593. The molecule has 0 spiro atoms. The van der Waals surface area contributed by atoms with Crippen LogP contribution in [0.1, 0.15) is 29.8 Å². The Hall–Kier alpha value is -1.69. The van der Waals surface area contributed by atoms with Gasteiger partial charge < -0.3 is 14.8 Å². The van der Waals surface area contributed by atoms with Crippen molar-refractivity contribution >= 4 is 11.8 Å². The van der Waals surface area contributed by atoms with Crippen LogP contribution in [-0.4, -0.2) is 42.3 Å². The predicted octanol–water partition coefficient (Wildman–Crippen LogP) is 1.24. The monoisotopic (exact) mass is 251 g/mol. The summed E-state index contributed by atoms with van der Waals surface area (Å²) in [6, 6.07) is 0. The molecule has 1 N–H and O–H groups in total. The van der Waals surface area contributed by atoms with Crippen LogP contribution in [0.3, 0.4) is 0 Å². The molecule has 6 heteroatoms. The molecule has 2 rings (SSSR count). The molecule has 1 atom stereocenters. The average Bonchev–Trinajstić information content (AvgIpc) is 2.91. The van der Waals surface area contributed by atoms with Crippen molar-refractivity contribution in [3.8, 4) is 0 Å². The van der Waals surface area contributed by atoms with Gasteiger partial charge in [-0.2, -0.15) is 0 Å². The number of esters is 1. The van der Waals surface area contributed by atoms with Crippen LogP contribution in [0.4, 0.5) is 5.82 Å². The number of anilines is 1. The van der Waals surface area contributed by atoms with Gasteiger partial charge in [0.25, 0.3) is 0 Å². The number of carbonyl (C=O) groups is 1. The van der Waals surface area contributed by atoms with E-state index in [9.17, 15) is 4.79 Å². The van der Waals surface area contributed by atoms with Crippen LogP contribution >= 0.6 is 0 Å². The van der Waals surface area contributed by atoms with Crippen molar-refractivity contribution in [2.24, 2.45) is 0 Å². The van der Waals surface area contributed by atoms with Crippen molar-refractivity contribution < 1.29 is 14.3 Å². The molecule has 18 heavy (non-hydrogen) atoms. The van der Waals surface area contributed by atoms with E-state index in [0.29, 0.717) is 11.9 Å². The highest BCUT2D eigenvalue weighted by Crippen LogP contribution is 2.15. The van der Waals surface area contributed by atoms with Crippen molar-refractivity contribution in [2.45, 2.75) is 25.4 Å². The van der Waals surface area contributed by atoms with E-state index >= 15 is 0 Å². The van der Waals surface area contributed by atoms with Crippen LogP contribution in [0.2, 0.25) is 0 Å². The Morgan fingerprint density at radius 1 is 1.61 bits per heavy atom. The minimum absolute atomic E-state index is 0.208. The van der Waals surface area contributed by atoms with Gasteiger partial charge in [0.1, 0.15) is 5.82 Å². The molecule has 1 saturated heterocycles. The fourth-order valence-electron chi connectivity index (χ4n) is 1.89. The first-order valence-corrected chi connectivity index (χ1v) is 6.05. The quantitative estimate of drug-likeness (QED) is 0.794. The van der Waals surface area contributed by atoms with E-state index in [2.05, 4.69) is 20.0 Å². The van der Waals surface area contributed by atoms with Gasteiger partial charge in [-0.3, -0.25) is 4.98 Å². The highest BCUT2D eigenvalue weighted by Gasteiger charge is 2.15. The maximum absolute atomic E-state index is 11.3. The molecule has 98 valence electrons. The number of hydrogen-bond donors (Lipinski definition) is 1.